The molecule has 0 heterocycles. The van der Waals surface area contributed by atoms with Crippen molar-refractivity contribution in [2.75, 3.05) is 0 Å². The molecule has 7 heteroatoms. The van der Waals surface area contributed by atoms with Crippen LogP contribution in [0.2, 0.25) is 0 Å². The minimum Gasteiger partial charge on any atom is -0.377 e. The largest absolute Gasteiger partial charge is 0.421 e. The van der Waals surface area contributed by atoms with Crippen LogP contribution in [0.5, 0.6) is 0 Å². The van der Waals surface area contributed by atoms with Crippen molar-refractivity contribution in [3.63, 3.8) is 0 Å². The molecular weight excluding hydrogens is 227 g/mol. The van der Waals surface area contributed by atoms with E-state index in [9.17, 15) is 13.2 Å². The van der Waals surface area contributed by atoms with Crippen LogP contribution < -0.4 is 0 Å². The molecule has 1 N–H and O–H groups in total. The molecule has 1 atom stereocenters. The zero-order valence-corrected chi connectivity index (χ0v) is 7.48. The fourth-order valence-corrected chi connectivity index (χ4v) is 0.482. The van der Waals surface area contributed by atoms with Crippen molar-refractivity contribution in [2.45, 2.75) is 22.5 Å². The maximum Gasteiger partial charge on any atom is 0.421 e. The van der Waals surface area contributed by atoms with E-state index in [4.69, 9.17) is 39.9 Å². The molecular formula is C4H4Cl3F3O. The second-order valence-electron chi connectivity index (χ2n) is 2.07. The predicted octanol–water partition coefficient (Wildman–Crippen LogP) is 2.67. The van der Waals surface area contributed by atoms with E-state index < -0.39 is 15.6 Å². The Bertz CT molecular complexity index is 132. The molecule has 0 aromatic heterocycles. The molecule has 0 rings (SSSR count). The van der Waals surface area contributed by atoms with Gasteiger partial charge in [-0.1, -0.05) is 34.8 Å². The van der Waals surface area contributed by atoms with E-state index in [2.05, 4.69) is 0 Å². The molecule has 1 nitrogen and oxygen atoms in total. The summed E-state index contributed by atoms with van der Waals surface area (Å²) in [7, 11) is 0. The van der Waals surface area contributed by atoms with Crippen molar-refractivity contribution < 1.29 is 18.3 Å². The van der Waals surface area contributed by atoms with Crippen molar-refractivity contribution in [1.82, 2.24) is 0 Å². The summed E-state index contributed by atoms with van der Waals surface area (Å²) >= 11 is 14.6. The minimum absolute atomic E-state index is 0.389. The first-order valence-electron chi connectivity index (χ1n) is 2.36. The zero-order valence-electron chi connectivity index (χ0n) is 5.22. The van der Waals surface area contributed by atoms with Gasteiger partial charge in [0.2, 0.25) is 9.39 Å². The van der Waals surface area contributed by atoms with Gasteiger partial charge in [0.05, 0.1) is 0 Å². The molecule has 0 aromatic rings. The number of alkyl halides is 6. The van der Waals surface area contributed by atoms with E-state index in [1.807, 2.05) is 0 Å². The Hall–Kier alpha value is 0.620. The van der Waals surface area contributed by atoms with Crippen molar-refractivity contribution in [2.24, 2.45) is 0 Å². The normalized spacial score (nSPS) is 19.6. The van der Waals surface area contributed by atoms with Gasteiger partial charge >= 0.3 is 6.18 Å². The van der Waals surface area contributed by atoms with E-state index in [0.29, 0.717) is 6.92 Å². The predicted molar refractivity (Wildman–Crippen MR) is 37.0 cm³/mol. The summed E-state index contributed by atoms with van der Waals surface area (Å²) in [5, 5.41) is 8.67. The van der Waals surface area contributed by atoms with Gasteiger partial charge in [0.1, 0.15) is 0 Å². The van der Waals surface area contributed by atoms with Gasteiger partial charge in [-0.25, -0.2) is 0 Å². The molecule has 1 unspecified atom stereocenters. The van der Waals surface area contributed by atoms with Crippen molar-refractivity contribution in [3.8, 4) is 0 Å². The third-order valence-corrected chi connectivity index (χ3v) is 2.21. The van der Waals surface area contributed by atoms with Crippen molar-refractivity contribution in [1.29, 1.82) is 0 Å². The number of hydrogen-bond donors (Lipinski definition) is 1. The first-order valence-corrected chi connectivity index (χ1v) is 3.49. The average molecular weight is 231 g/mol. The Balaban J connectivity index is 4.75. The summed E-state index contributed by atoms with van der Waals surface area (Å²) in [6, 6.07) is 0. The quantitative estimate of drug-likeness (QED) is 0.636. The van der Waals surface area contributed by atoms with Gasteiger partial charge in [0.25, 0.3) is 0 Å². The maximum atomic E-state index is 11.8. The molecule has 0 amide bonds. The molecule has 11 heavy (non-hydrogen) atoms. The molecule has 0 aliphatic carbocycles. The Morgan fingerprint density at radius 2 is 1.36 bits per heavy atom. The summed E-state index contributed by atoms with van der Waals surface area (Å²) < 4.78 is 32.7. The summed E-state index contributed by atoms with van der Waals surface area (Å²) in [6.07, 6.45) is -4.96. The third-order valence-electron chi connectivity index (χ3n) is 1.10. The molecule has 68 valence electrons. The molecule has 0 radical (unpaired) electrons. The van der Waals surface area contributed by atoms with Crippen LogP contribution >= 0.6 is 34.8 Å². The third kappa shape index (κ3) is 2.28. The van der Waals surface area contributed by atoms with Gasteiger partial charge in [0, 0.05) is 0 Å². The Morgan fingerprint density at radius 3 is 1.36 bits per heavy atom. The van der Waals surface area contributed by atoms with Crippen LogP contribution in [0.1, 0.15) is 6.92 Å². The lowest BCUT2D eigenvalue weighted by Crippen LogP contribution is -2.52. The van der Waals surface area contributed by atoms with Gasteiger partial charge in [0.15, 0.2) is 0 Å². The van der Waals surface area contributed by atoms with E-state index in [1.54, 1.807) is 0 Å². The summed E-state index contributed by atoms with van der Waals surface area (Å²) in [5.41, 5.74) is -3.33. The average Bonchev–Trinajstić information content (AvgIpc) is 1.58. The van der Waals surface area contributed by atoms with Crippen LogP contribution in [-0.4, -0.2) is 20.7 Å². The van der Waals surface area contributed by atoms with Crippen molar-refractivity contribution >= 4 is 34.8 Å². The van der Waals surface area contributed by atoms with Gasteiger partial charge in [-0.3, -0.25) is 0 Å². The topological polar surface area (TPSA) is 20.2 Å². The second kappa shape index (κ2) is 2.83. The molecule has 0 spiro atoms. The Labute approximate surface area is 76.0 Å². The number of halogens is 6. The van der Waals surface area contributed by atoms with Crippen molar-refractivity contribution in [3.05, 3.63) is 0 Å². The lowest BCUT2D eigenvalue weighted by molar-refractivity contribution is -0.250. The number of rotatable bonds is 0. The minimum atomic E-state index is -4.96. The first-order chi connectivity index (χ1) is 4.50. The lowest BCUT2D eigenvalue weighted by Gasteiger charge is -2.32. The summed E-state index contributed by atoms with van der Waals surface area (Å²) in [5.74, 6) is 0. The molecule has 0 saturated heterocycles. The summed E-state index contributed by atoms with van der Waals surface area (Å²) in [6.45, 7) is 0.389. The molecule has 0 aliphatic heterocycles. The highest BCUT2D eigenvalue weighted by atomic mass is 35.6. The molecule has 0 aliphatic rings. The lowest BCUT2D eigenvalue weighted by atomic mass is 10.1. The number of hydrogen-bond acceptors (Lipinski definition) is 1. The number of aliphatic hydroxyl groups is 1. The van der Waals surface area contributed by atoms with Gasteiger partial charge in [-0.05, 0) is 6.92 Å². The SMILES string of the molecule is CC(O)(C(F)(F)F)C(Cl)(Cl)Cl. The van der Waals surface area contributed by atoms with E-state index >= 15 is 0 Å². The van der Waals surface area contributed by atoms with Crippen LogP contribution in [0.3, 0.4) is 0 Å². The summed E-state index contributed by atoms with van der Waals surface area (Å²) in [4.78, 5) is 0. The van der Waals surface area contributed by atoms with Gasteiger partial charge in [-0.2, -0.15) is 13.2 Å². The maximum absolute atomic E-state index is 11.8. The highest BCUT2D eigenvalue weighted by Crippen LogP contribution is 2.47. The van der Waals surface area contributed by atoms with Crippen LogP contribution in [0.25, 0.3) is 0 Å². The molecule has 0 bridgehead atoms. The van der Waals surface area contributed by atoms with Crippen LogP contribution in [-0.2, 0) is 0 Å². The fraction of sp³-hybridized carbons (Fsp3) is 1.00. The standard InChI is InChI=1S/C4H4Cl3F3O/c1-2(11,3(5,6)7)4(8,9)10/h11H,1H3. The van der Waals surface area contributed by atoms with Crippen LogP contribution in [0.4, 0.5) is 13.2 Å². The molecule has 0 saturated carbocycles. The fourth-order valence-electron chi connectivity index (χ4n) is 0.161. The second-order valence-corrected chi connectivity index (χ2v) is 4.35. The highest BCUT2D eigenvalue weighted by Gasteiger charge is 2.61. The van der Waals surface area contributed by atoms with E-state index in [1.165, 1.54) is 0 Å². The Morgan fingerprint density at radius 1 is 1.09 bits per heavy atom. The monoisotopic (exact) mass is 230 g/mol. The zero-order chi connectivity index (χ0) is 9.50. The first kappa shape index (κ1) is 11.6. The van der Waals surface area contributed by atoms with Crippen LogP contribution in [0.15, 0.2) is 0 Å². The van der Waals surface area contributed by atoms with Gasteiger partial charge in [-0.15, -0.1) is 0 Å². The smallest absolute Gasteiger partial charge is 0.377 e. The van der Waals surface area contributed by atoms with Crippen LogP contribution in [0, 0.1) is 0 Å². The molecule has 0 aromatic carbocycles. The molecule has 0 fully saturated rings. The Kier molecular flexibility index (Phi) is 2.99. The van der Waals surface area contributed by atoms with E-state index in [-0.39, 0.29) is 0 Å². The van der Waals surface area contributed by atoms with E-state index in [0.717, 1.165) is 0 Å². The highest BCUT2D eigenvalue weighted by molar-refractivity contribution is 6.68. The van der Waals surface area contributed by atoms with Gasteiger partial charge < -0.3 is 5.11 Å².